The fourth-order valence-electron chi connectivity index (χ4n) is 4.12. The number of Topliss-reactive ketones (excluding diaryl/α,β-unsaturated/α-hetero) is 1. The van der Waals surface area contributed by atoms with Crippen LogP contribution in [0.4, 0.5) is 5.13 Å². The zero-order chi connectivity index (χ0) is 27.4. The van der Waals surface area contributed by atoms with Gasteiger partial charge in [-0.15, -0.1) is 0 Å². The van der Waals surface area contributed by atoms with Crippen LogP contribution in [-0.2, 0) is 14.3 Å². The number of carbonyl (C=O) groups excluding carboxylic acids is 3. The first-order valence-electron chi connectivity index (χ1n) is 12.0. The van der Waals surface area contributed by atoms with Gasteiger partial charge in [0.25, 0.3) is 5.78 Å². The maximum Gasteiger partial charge on any atom is 0.350 e. The maximum absolute atomic E-state index is 13.4. The number of aliphatic hydroxyl groups excluding tert-OH is 1. The van der Waals surface area contributed by atoms with Gasteiger partial charge >= 0.3 is 11.9 Å². The SMILES string of the molecule is CCCCOc1cccc(/C(O)=C2\C(=O)C(=O)N(c3nc(C)c(C(=O)OC)s3)C2c2ccc(OC)cc2)c1. The lowest BCUT2D eigenvalue weighted by molar-refractivity contribution is -0.132. The summed E-state index contributed by atoms with van der Waals surface area (Å²) in [4.78, 5) is 44.8. The standard InChI is InChI=1S/C28H28N2O7S/c1-5-6-14-37-20-9-7-8-18(15-20)23(31)21-22(17-10-12-19(35-3)13-11-17)30(26(33)24(21)32)28-29-16(2)25(38-28)27(34)36-4/h7-13,15,22,31H,5-6,14H2,1-4H3/b23-21+. The Morgan fingerprint density at radius 2 is 1.84 bits per heavy atom. The summed E-state index contributed by atoms with van der Waals surface area (Å²) in [5, 5.41) is 11.5. The van der Waals surface area contributed by atoms with Crippen molar-refractivity contribution in [3.05, 3.63) is 75.8 Å². The minimum atomic E-state index is -0.999. The van der Waals surface area contributed by atoms with Gasteiger partial charge in [0.05, 0.1) is 38.1 Å². The Morgan fingerprint density at radius 1 is 1.11 bits per heavy atom. The van der Waals surface area contributed by atoms with E-state index in [1.165, 1.54) is 19.1 Å². The number of rotatable bonds is 9. The van der Waals surface area contributed by atoms with Gasteiger partial charge < -0.3 is 19.3 Å². The van der Waals surface area contributed by atoms with E-state index < -0.39 is 23.7 Å². The predicted octanol–water partition coefficient (Wildman–Crippen LogP) is 5.05. The molecule has 38 heavy (non-hydrogen) atoms. The number of nitrogens with zero attached hydrogens (tertiary/aromatic N) is 2. The number of ether oxygens (including phenoxy) is 3. The van der Waals surface area contributed by atoms with Crippen molar-refractivity contribution in [2.75, 3.05) is 25.7 Å². The summed E-state index contributed by atoms with van der Waals surface area (Å²) in [6.45, 7) is 4.19. The van der Waals surface area contributed by atoms with Crippen molar-refractivity contribution in [3.8, 4) is 11.5 Å². The molecule has 1 aromatic heterocycles. The summed E-state index contributed by atoms with van der Waals surface area (Å²) in [5.41, 5.74) is 1.15. The first-order chi connectivity index (χ1) is 18.3. The highest BCUT2D eigenvalue weighted by molar-refractivity contribution is 7.17. The van der Waals surface area contributed by atoms with E-state index >= 15 is 0 Å². The second kappa shape index (κ2) is 11.5. The third-order valence-electron chi connectivity index (χ3n) is 6.11. The molecule has 2 heterocycles. The van der Waals surface area contributed by atoms with E-state index in [-0.39, 0.29) is 21.3 Å². The van der Waals surface area contributed by atoms with Gasteiger partial charge in [0, 0.05) is 5.56 Å². The van der Waals surface area contributed by atoms with Gasteiger partial charge in [0.15, 0.2) is 5.13 Å². The summed E-state index contributed by atoms with van der Waals surface area (Å²) >= 11 is 0.943. The largest absolute Gasteiger partial charge is 0.507 e. The molecule has 0 saturated carbocycles. The van der Waals surface area contributed by atoms with Crippen molar-refractivity contribution in [2.45, 2.75) is 32.7 Å². The fraction of sp³-hybridized carbons (Fsp3) is 0.286. The molecule has 1 saturated heterocycles. The Balaban J connectivity index is 1.86. The van der Waals surface area contributed by atoms with Gasteiger partial charge in [-0.05, 0) is 43.2 Å². The number of methoxy groups -OCH3 is 2. The normalized spacial score (nSPS) is 16.5. The Kier molecular flexibility index (Phi) is 8.11. The number of carbonyl (C=O) groups is 3. The van der Waals surface area contributed by atoms with E-state index in [9.17, 15) is 19.5 Å². The van der Waals surface area contributed by atoms with Crippen LogP contribution in [0.2, 0.25) is 0 Å². The van der Waals surface area contributed by atoms with E-state index in [0.717, 1.165) is 24.2 Å². The van der Waals surface area contributed by atoms with E-state index in [1.54, 1.807) is 55.5 Å². The number of esters is 1. The number of hydrogen-bond acceptors (Lipinski definition) is 9. The molecule has 1 fully saturated rings. The summed E-state index contributed by atoms with van der Waals surface area (Å²) < 4.78 is 15.8. The molecule has 1 aliphatic heterocycles. The Morgan fingerprint density at radius 3 is 2.50 bits per heavy atom. The lowest BCUT2D eigenvalue weighted by Crippen LogP contribution is -2.29. The summed E-state index contributed by atoms with van der Waals surface area (Å²) in [6.07, 6.45) is 1.85. The van der Waals surface area contributed by atoms with Crippen LogP contribution in [0, 0.1) is 6.92 Å². The number of amides is 1. The lowest BCUT2D eigenvalue weighted by atomic mass is 9.95. The highest BCUT2D eigenvalue weighted by atomic mass is 32.1. The number of ketones is 1. The molecule has 2 aromatic carbocycles. The number of aliphatic hydroxyl groups is 1. The molecule has 10 heteroatoms. The molecule has 0 bridgehead atoms. The molecule has 3 aromatic rings. The smallest absolute Gasteiger partial charge is 0.350 e. The number of benzene rings is 2. The molecule has 0 spiro atoms. The first-order valence-corrected chi connectivity index (χ1v) is 12.9. The number of aryl methyl sites for hydroxylation is 1. The predicted molar refractivity (Wildman–Crippen MR) is 143 cm³/mol. The van der Waals surface area contributed by atoms with Crippen LogP contribution in [0.25, 0.3) is 5.76 Å². The molecule has 1 atom stereocenters. The molecule has 198 valence electrons. The monoisotopic (exact) mass is 536 g/mol. The molecule has 1 amide bonds. The summed E-state index contributed by atoms with van der Waals surface area (Å²) in [5.74, 6) is -1.55. The van der Waals surface area contributed by atoms with Crippen LogP contribution in [0.3, 0.4) is 0 Å². The number of aromatic nitrogens is 1. The van der Waals surface area contributed by atoms with Crippen LogP contribution in [0.15, 0.2) is 54.1 Å². The third-order valence-corrected chi connectivity index (χ3v) is 7.25. The van der Waals surface area contributed by atoms with Crippen molar-refractivity contribution >= 4 is 39.9 Å². The van der Waals surface area contributed by atoms with Crippen LogP contribution in [-0.4, -0.2) is 48.6 Å². The molecule has 0 radical (unpaired) electrons. The molecule has 1 aliphatic rings. The van der Waals surface area contributed by atoms with Crippen molar-refractivity contribution in [3.63, 3.8) is 0 Å². The van der Waals surface area contributed by atoms with E-state index in [4.69, 9.17) is 14.2 Å². The van der Waals surface area contributed by atoms with Crippen LogP contribution in [0.5, 0.6) is 11.5 Å². The minimum absolute atomic E-state index is 0.0988. The van der Waals surface area contributed by atoms with Crippen LogP contribution in [0.1, 0.15) is 52.3 Å². The molecule has 1 unspecified atom stereocenters. The van der Waals surface area contributed by atoms with Crippen LogP contribution >= 0.6 is 11.3 Å². The minimum Gasteiger partial charge on any atom is -0.507 e. The quantitative estimate of drug-likeness (QED) is 0.133. The zero-order valence-electron chi connectivity index (χ0n) is 21.5. The van der Waals surface area contributed by atoms with Gasteiger partial charge in [-0.2, -0.15) is 0 Å². The lowest BCUT2D eigenvalue weighted by Gasteiger charge is -2.23. The average Bonchev–Trinajstić information content (AvgIpc) is 3.44. The second-order valence-corrected chi connectivity index (χ2v) is 9.55. The van der Waals surface area contributed by atoms with E-state index in [2.05, 4.69) is 11.9 Å². The second-order valence-electron chi connectivity index (χ2n) is 8.57. The molecular weight excluding hydrogens is 508 g/mol. The molecule has 9 nitrogen and oxygen atoms in total. The third kappa shape index (κ3) is 5.12. The Hall–Kier alpha value is -4.18. The number of hydrogen-bond donors (Lipinski definition) is 1. The van der Waals surface area contributed by atoms with Crippen molar-refractivity contribution in [2.24, 2.45) is 0 Å². The van der Waals surface area contributed by atoms with Gasteiger partial charge in [-0.3, -0.25) is 14.5 Å². The zero-order valence-corrected chi connectivity index (χ0v) is 22.3. The molecule has 0 aliphatic carbocycles. The highest BCUT2D eigenvalue weighted by Gasteiger charge is 2.48. The Bertz CT molecular complexity index is 1390. The maximum atomic E-state index is 13.4. The van der Waals surface area contributed by atoms with Gasteiger partial charge in [0.1, 0.15) is 22.1 Å². The molecule has 1 N–H and O–H groups in total. The Labute approximate surface area is 224 Å². The average molecular weight is 537 g/mol. The molecular formula is C28H28N2O7S. The van der Waals surface area contributed by atoms with E-state index in [0.29, 0.717) is 34.9 Å². The summed E-state index contributed by atoms with van der Waals surface area (Å²) in [6, 6.07) is 12.6. The molecule has 4 rings (SSSR count). The highest BCUT2D eigenvalue weighted by Crippen LogP contribution is 2.44. The fourth-order valence-corrected chi connectivity index (χ4v) is 5.13. The number of unbranched alkanes of at least 4 members (excludes halogenated alkanes) is 1. The van der Waals surface area contributed by atoms with Gasteiger partial charge in [0.2, 0.25) is 0 Å². The van der Waals surface area contributed by atoms with Crippen molar-refractivity contribution in [1.82, 2.24) is 4.98 Å². The first kappa shape index (κ1) is 26.9. The van der Waals surface area contributed by atoms with Crippen molar-refractivity contribution in [1.29, 1.82) is 0 Å². The van der Waals surface area contributed by atoms with Crippen molar-refractivity contribution < 1.29 is 33.7 Å². The van der Waals surface area contributed by atoms with Crippen LogP contribution < -0.4 is 14.4 Å². The van der Waals surface area contributed by atoms with E-state index in [1.807, 2.05) is 0 Å². The number of thiazole rings is 1. The van der Waals surface area contributed by atoms with Gasteiger partial charge in [-0.1, -0.05) is 48.9 Å². The van der Waals surface area contributed by atoms with Gasteiger partial charge in [-0.25, -0.2) is 9.78 Å². The number of anilines is 1. The summed E-state index contributed by atoms with van der Waals surface area (Å²) in [7, 11) is 2.79. The topological polar surface area (TPSA) is 115 Å².